The van der Waals surface area contributed by atoms with Gasteiger partial charge in [0.1, 0.15) is 5.76 Å². The molecule has 1 aliphatic carbocycles. The van der Waals surface area contributed by atoms with Gasteiger partial charge < -0.3 is 10.2 Å². The van der Waals surface area contributed by atoms with Crippen LogP contribution in [-0.2, 0) is 9.59 Å². The van der Waals surface area contributed by atoms with Crippen LogP contribution in [0.5, 0.6) is 0 Å². The SMILES string of the molecule is CC(C)CCC(=O)C1=C(O)C(C)(C(O)CCC(C)C)[C@H](CCC(C)C)C1=O. The van der Waals surface area contributed by atoms with Crippen LogP contribution in [0.4, 0.5) is 0 Å². The molecule has 2 unspecified atom stereocenters. The first-order valence-corrected chi connectivity index (χ1v) is 10.6. The highest BCUT2D eigenvalue weighted by molar-refractivity contribution is 6.23. The first kappa shape index (κ1) is 23.9. The van der Waals surface area contributed by atoms with Gasteiger partial charge in [0, 0.05) is 12.3 Å². The Morgan fingerprint density at radius 1 is 0.963 bits per heavy atom. The van der Waals surface area contributed by atoms with E-state index in [9.17, 15) is 19.8 Å². The molecule has 0 aliphatic heterocycles. The van der Waals surface area contributed by atoms with E-state index in [1.165, 1.54) is 0 Å². The Hall–Kier alpha value is -1.16. The Balaban J connectivity index is 3.20. The van der Waals surface area contributed by atoms with E-state index in [1.54, 1.807) is 6.92 Å². The fourth-order valence-electron chi connectivity index (χ4n) is 3.92. The molecule has 0 aromatic carbocycles. The summed E-state index contributed by atoms with van der Waals surface area (Å²) in [5.41, 5.74) is -1.11. The predicted molar refractivity (Wildman–Crippen MR) is 109 cm³/mol. The van der Waals surface area contributed by atoms with Crippen molar-refractivity contribution in [2.75, 3.05) is 0 Å². The smallest absolute Gasteiger partial charge is 0.174 e. The van der Waals surface area contributed by atoms with E-state index in [4.69, 9.17) is 0 Å². The van der Waals surface area contributed by atoms with Gasteiger partial charge >= 0.3 is 0 Å². The molecule has 1 rings (SSSR count). The van der Waals surface area contributed by atoms with E-state index in [0.717, 1.165) is 12.8 Å². The predicted octanol–water partition coefficient (Wildman–Crippen LogP) is 5.24. The summed E-state index contributed by atoms with van der Waals surface area (Å²) in [4.78, 5) is 25.8. The van der Waals surface area contributed by atoms with Crippen molar-refractivity contribution < 1.29 is 19.8 Å². The zero-order valence-electron chi connectivity index (χ0n) is 18.3. The molecule has 2 N–H and O–H groups in total. The minimum absolute atomic E-state index is 0.0458. The monoisotopic (exact) mass is 380 g/mol. The maximum atomic E-state index is 13.1. The second kappa shape index (κ2) is 9.86. The maximum Gasteiger partial charge on any atom is 0.174 e. The first-order chi connectivity index (χ1) is 12.4. The van der Waals surface area contributed by atoms with Crippen molar-refractivity contribution in [2.24, 2.45) is 29.1 Å². The second-order valence-electron chi connectivity index (χ2n) is 9.74. The quantitative estimate of drug-likeness (QED) is 0.481. The molecule has 0 aromatic heterocycles. The van der Waals surface area contributed by atoms with Crippen LogP contribution in [0.2, 0.25) is 0 Å². The summed E-state index contributed by atoms with van der Waals surface area (Å²) in [6.07, 6.45) is 2.84. The molecule has 0 spiro atoms. The number of hydrogen-bond acceptors (Lipinski definition) is 4. The van der Waals surface area contributed by atoms with Crippen LogP contribution >= 0.6 is 0 Å². The number of carbonyl (C=O) groups is 2. The third kappa shape index (κ3) is 5.66. The number of allylic oxidation sites excluding steroid dienone is 1. The molecule has 0 radical (unpaired) electrons. The molecule has 156 valence electrons. The van der Waals surface area contributed by atoms with Gasteiger partial charge in [0.05, 0.1) is 17.1 Å². The van der Waals surface area contributed by atoms with Crippen LogP contribution in [0.15, 0.2) is 11.3 Å². The normalized spacial score (nSPS) is 24.6. The molecule has 4 heteroatoms. The molecule has 0 saturated carbocycles. The van der Waals surface area contributed by atoms with Gasteiger partial charge in [-0.1, -0.05) is 48.0 Å². The number of aliphatic hydroxyl groups excluding tert-OH is 2. The van der Waals surface area contributed by atoms with Crippen LogP contribution in [0, 0.1) is 29.1 Å². The molecule has 0 saturated heterocycles. The number of rotatable bonds is 11. The number of hydrogen-bond donors (Lipinski definition) is 2. The summed E-state index contributed by atoms with van der Waals surface area (Å²) < 4.78 is 0. The third-order valence-corrected chi connectivity index (χ3v) is 6.00. The number of ketones is 2. The van der Waals surface area contributed by atoms with Gasteiger partial charge in [0.25, 0.3) is 0 Å². The largest absolute Gasteiger partial charge is 0.511 e. The fraction of sp³-hybridized carbons (Fsp3) is 0.826. The summed E-state index contributed by atoms with van der Waals surface area (Å²) in [6, 6.07) is 0. The van der Waals surface area contributed by atoms with Crippen LogP contribution in [0.3, 0.4) is 0 Å². The lowest BCUT2D eigenvalue weighted by molar-refractivity contribution is -0.126. The summed E-state index contributed by atoms with van der Waals surface area (Å²) in [7, 11) is 0. The third-order valence-electron chi connectivity index (χ3n) is 6.00. The molecule has 0 aromatic rings. The van der Waals surface area contributed by atoms with Crippen molar-refractivity contribution in [2.45, 2.75) is 93.1 Å². The minimum atomic E-state index is -1.07. The van der Waals surface area contributed by atoms with E-state index in [0.29, 0.717) is 37.0 Å². The standard InChI is InChI=1S/C23H40O4/c1-14(2)8-11-17-21(26)20(18(24)12-9-15(3)4)22(27)23(17,7)19(25)13-10-16(5)6/h14-17,19,25,27H,8-13H2,1-7H3/t17-,19?,23?/m1/s1. The van der Waals surface area contributed by atoms with Crippen LogP contribution < -0.4 is 0 Å². The van der Waals surface area contributed by atoms with Crippen LogP contribution in [-0.4, -0.2) is 27.9 Å². The molecule has 3 atom stereocenters. The van der Waals surface area contributed by atoms with Crippen molar-refractivity contribution in [1.29, 1.82) is 0 Å². The lowest BCUT2D eigenvalue weighted by atomic mass is 9.70. The molecular formula is C23H40O4. The van der Waals surface area contributed by atoms with Gasteiger partial charge in [0.2, 0.25) is 0 Å². The summed E-state index contributed by atoms with van der Waals surface area (Å²) in [5.74, 6) is -0.0572. The lowest BCUT2D eigenvalue weighted by Crippen LogP contribution is -2.40. The van der Waals surface area contributed by atoms with E-state index in [-0.39, 0.29) is 29.3 Å². The minimum Gasteiger partial charge on any atom is -0.511 e. The Morgan fingerprint density at radius 3 is 1.96 bits per heavy atom. The average Bonchev–Trinajstić information content (AvgIpc) is 2.75. The molecule has 0 bridgehead atoms. The first-order valence-electron chi connectivity index (χ1n) is 10.6. The van der Waals surface area contributed by atoms with E-state index in [1.807, 2.05) is 13.8 Å². The second-order valence-corrected chi connectivity index (χ2v) is 9.74. The van der Waals surface area contributed by atoms with Crippen molar-refractivity contribution in [3.8, 4) is 0 Å². The molecule has 4 nitrogen and oxygen atoms in total. The Kier molecular flexibility index (Phi) is 8.72. The van der Waals surface area contributed by atoms with Gasteiger partial charge in [-0.3, -0.25) is 9.59 Å². The summed E-state index contributed by atoms with van der Waals surface area (Å²) in [5, 5.41) is 21.9. The Bertz CT molecular complexity index is 559. The van der Waals surface area contributed by atoms with Gasteiger partial charge in [-0.25, -0.2) is 0 Å². The number of Topliss-reactive ketones (excluding diaryl/α,β-unsaturated/α-hetero) is 2. The number of aliphatic hydroxyl groups is 2. The van der Waals surface area contributed by atoms with Gasteiger partial charge in [0.15, 0.2) is 11.6 Å². The molecule has 0 amide bonds. The van der Waals surface area contributed by atoms with Crippen LogP contribution in [0.25, 0.3) is 0 Å². The zero-order valence-corrected chi connectivity index (χ0v) is 18.3. The summed E-state index contributed by atoms with van der Waals surface area (Å²) >= 11 is 0. The van der Waals surface area contributed by atoms with Crippen molar-refractivity contribution in [3.63, 3.8) is 0 Å². The molecule has 0 heterocycles. The Morgan fingerprint density at radius 2 is 1.48 bits per heavy atom. The molecule has 0 fully saturated rings. The van der Waals surface area contributed by atoms with Gasteiger partial charge in [-0.2, -0.15) is 0 Å². The van der Waals surface area contributed by atoms with Crippen molar-refractivity contribution in [3.05, 3.63) is 11.3 Å². The van der Waals surface area contributed by atoms with Crippen LogP contribution in [0.1, 0.15) is 87.0 Å². The lowest BCUT2D eigenvalue weighted by Gasteiger charge is -2.36. The average molecular weight is 381 g/mol. The number of carbonyl (C=O) groups excluding carboxylic acids is 2. The van der Waals surface area contributed by atoms with E-state index < -0.39 is 17.4 Å². The maximum absolute atomic E-state index is 13.1. The molecule has 1 aliphatic rings. The van der Waals surface area contributed by atoms with Crippen molar-refractivity contribution in [1.82, 2.24) is 0 Å². The highest BCUT2D eigenvalue weighted by Crippen LogP contribution is 2.50. The Labute approximate surface area is 165 Å². The fourth-order valence-corrected chi connectivity index (χ4v) is 3.92. The van der Waals surface area contributed by atoms with Crippen molar-refractivity contribution >= 4 is 11.6 Å². The summed E-state index contributed by atoms with van der Waals surface area (Å²) in [6.45, 7) is 14.2. The molecular weight excluding hydrogens is 340 g/mol. The van der Waals surface area contributed by atoms with E-state index in [2.05, 4.69) is 27.7 Å². The highest BCUT2D eigenvalue weighted by Gasteiger charge is 2.55. The van der Waals surface area contributed by atoms with Gasteiger partial charge in [-0.05, 0) is 50.4 Å². The highest BCUT2D eigenvalue weighted by atomic mass is 16.3. The topological polar surface area (TPSA) is 74.6 Å². The molecule has 27 heavy (non-hydrogen) atoms. The van der Waals surface area contributed by atoms with Gasteiger partial charge in [-0.15, -0.1) is 0 Å². The zero-order chi connectivity index (χ0) is 20.9. The van der Waals surface area contributed by atoms with E-state index >= 15 is 0 Å².